The topological polar surface area (TPSA) is 38.3 Å². The lowest BCUT2D eigenvalue weighted by molar-refractivity contribution is 0.0950. The van der Waals surface area contributed by atoms with Crippen LogP contribution in [0.4, 0.5) is 8.78 Å². The molecule has 0 atom stereocenters. The highest BCUT2D eigenvalue weighted by molar-refractivity contribution is 5.94. The molecule has 0 saturated carbocycles. The monoisotopic (exact) mass is 277 g/mol. The van der Waals surface area contributed by atoms with E-state index in [4.69, 9.17) is 4.74 Å². The van der Waals surface area contributed by atoms with Gasteiger partial charge in [-0.2, -0.15) is 0 Å². The number of carbonyl (C=O) groups excluding carboxylic acids is 1. The van der Waals surface area contributed by atoms with Crippen molar-refractivity contribution < 1.29 is 18.3 Å². The third-order valence-corrected chi connectivity index (χ3v) is 2.74. The maximum absolute atomic E-state index is 13.0. The molecule has 0 fully saturated rings. The number of methoxy groups -OCH3 is 1. The van der Waals surface area contributed by atoms with Crippen molar-refractivity contribution in [3.8, 4) is 5.75 Å². The van der Waals surface area contributed by atoms with E-state index in [2.05, 4.69) is 5.32 Å². The van der Waals surface area contributed by atoms with Gasteiger partial charge in [0.2, 0.25) is 0 Å². The fourth-order valence-electron chi connectivity index (χ4n) is 1.71. The molecule has 0 aromatic heterocycles. The fraction of sp³-hybridized carbons (Fsp3) is 0.133. The van der Waals surface area contributed by atoms with Gasteiger partial charge in [0.15, 0.2) is 0 Å². The fourth-order valence-corrected chi connectivity index (χ4v) is 1.71. The van der Waals surface area contributed by atoms with Crippen molar-refractivity contribution in [3.05, 3.63) is 65.2 Å². The third kappa shape index (κ3) is 3.54. The summed E-state index contributed by atoms with van der Waals surface area (Å²) < 4.78 is 31.0. The summed E-state index contributed by atoms with van der Waals surface area (Å²) in [4.78, 5) is 11.8. The molecule has 20 heavy (non-hydrogen) atoms. The van der Waals surface area contributed by atoms with E-state index >= 15 is 0 Å². The van der Waals surface area contributed by atoms with E-state index in [9.17, 15) is 13.6 Å². The first-order chi connectivity index (χ1) is 9.58. The van der Waals surface area contributed by atoms with Crippen LogP contribution in [0.5, 0.6) is 5.75 Å². The summed E-state index contributed by atoms with van der Waals surface area (Å²) in [5.41, 5.74) is 0.812. The van der Waals surface area contributed by atoms with Gasteiger partial charge in [-0.1, -0.05) is 12.1 Å². The van der Waals surface area contributed by atoms with Gasteiger partial charge in [-0.15, -0.1) is 0 Å². The van der Waals surface area contributed by atoms with E-state index in [1.807, 2.05) is 0 Å². The van der Waals surface area contributed by atoms with Gasteiger partial charge >= 0.3 is 0 Å². The van der Waals surface area contributed by atoms with Crippen molar-refractivity contribution in [2.24, 2.45) is 0 Å². The van der Waals surface area contributed by atoms with Gasteiger partial charge in [-0.05, 0) is 29.8 Å². The number of carbonyl (C=O) groups is 1. The molecule has 104 valence electrons. The molecule has 0 radical (unpaired) electrons. The Hall–Kier alpha value is -2.43. The summed E-state index contributed by atoms with van der Waals surface area (Å²) in [5, 5.41) is 2.59. The van der Waals surface area contributed by atoms with E-state index in [-0.39, 0.29) is 12.1 Å². The van der Waals surface area contributed by atoms with Crippen LogP contribution in [0.2, 0.25) is 0 Å². The second kappa shape index (κ2) is 6.14. The number of hydrogen-bond donors (Lipinski definition) is 1. The molecule has 0 bridgehead atoms. The van der Waals surface area contributed by atoms with Gasteiger partial charge in [0.05, 0.1) is 7.11 Å². The van der Waals surface area contributed by atoms with Crippen molar-refractivity contribution in [2.75, 3.05) is 7.11 Å². The van der Waals surface area contributed by atoms with Crippen LogP contribution < -0.4 is 10.1 Å². The number of ether oxygens (including phenoxy) is 1. The Morgan fingerprint density at radius 3 is 2.25 bits per heavy atom. The summed E-state index contributed by atoms with van der Waals surface area (Å²) in [6.45, 7) is 0.265. The number of nitrogens with one attached hydrogen (secondary N) is 1. The maximum atomic E-state index is 13.0. The Labute approximate surface area is 115 Å². The summed E-state index contributed by atoms with van der Waals surface area (Å²) in [7, 11) is 1.56. The predicted molar refractivity (Wildman–Crippen MR) is 70.5 cm³/mol. The quantitative estimate of drug-likeness (QED) is 0.933. The van der Waals surface area contributed by atoms with Gasteiger partial charge in [-0.25, -0.2) is 8.78 Å². The van der Waals surface area contributed by atoms with Crippen LogP contribution in [-0.4, -0.2) is 13.0 Å². The molecule has 0 heterocycles. The molecule has 2 aromatic rings. The minimum atomic E-state index is -0.778. The Morgan fingerprint density at radius 1 is 1.10 bits per heavy atom. The number of hydrogen-bond acceptors (Lipinski definition) is 2. The molecule has 0 unspecified atom stereocenters. The third-order valence-electron chi connectivity index (χ3n) is 2.74. The molecule has 0 aliphatic carbocycles. The van der Waals surface area contributed by atoms with Crippen molar-refractivity contribution in [2.45, 2.75) is 6.54 Å². The van der Waals surface area contributed by atoms with Crippen LogP contribution in [0.15, 0.2) is 42.5 Å². The van der Waals surface area contributed by atoms with Crippen molar-refractivity contribution in [3.63, 3.8) is 0 Å². The Morgan fingerprint density at radius 2 is 1.70 bits per heavy atom. The zero-order chi connectivity index (χ0) is 14.5. The summed E-state index contributed by atoms with van der Waals surface area (Å²) in [6, 6.07) is 9.84. The molecule has 0 spiro atoms. The number of rotatable bonds is 4. The first-order valence-corrected chi connectivity index (χ1v) is 5.95. The molecular formula is C15H13F2NO2. The summed E-state index contributed by atoms with van der Waals surface area (Å²) in [6.07, 6.45) is 0. The maximum Gasteiger partial charge on any atom is 0.251 e. The lowest BCUT2D eigenvalue weighted by atomic mass is 10.2. The smallest absolute Gasteiger partial charge is 0.251 e. The number of amides is 1. The lowest BCUT2D eigenvalue weighted by Crippen LogP contribution is -2.23. The van der Waals surface area contributed by atoms with Crippen molar-refractivity contribution >= 4 is 5.91 Å². The highest BCUT2D eigenvalue weighted by Crippen LogP contribution is 2.12. The van der Waals surface area contributed by atoms with Crippen LogP contribution in [0.25, 0.3) is 0 Å². The van der Waals surface area contributed by atoms with Crippen LogP contribution in [-0.2, 0) is 6.54 Å². The van der Waals surface area contributed by atoms with Gasteiger partial charge in [0, 0.05) is 18.2 Å². The van der Waals surface area contributed by atoms with E-state index in [0.717, 1.165) is 23.8 Å². The molecule has 0 saturated heterocycles. The van der Waals surface area contributed by atoms with Crippen molar-refractivity contribution in [1.29, 1.82) is 0 Å². The van der Waals surface area contributed by atoms with Crippen LogP contribution >= 0.6 is 0 Å². The molecule has 0 aliphatic rings. The highest BCUT2D eigenvalue weighted by Gasteiger charge is 2.08. The second-order valence-corrected chi connectivity index (χ2v) is 4.19. The number of halogens is 2. The molecule has 5 heteroatoms. The zero-order valence-electron chi connectivity index (χ0n) is 10.8. The minimum Gasteiger partial charge on any atom is -0.497 e. The first kappa shape index (κ1) is 14.0. The van der Waals surface area contributed by atoms with E-state index in [0.29, 0.717) is 5.75 Å². The van der Waals surface area contributed by atoms with Crippen LogP contribution in [0, 0.1) is 11.6 Å². The van der Waals surface area contributed by atoms with Gasteiger partial charge in [-0.3, -0.25) is 4.79 Å². The molecular weight excluding hydrogens is 264 g/mol. The van der Waals surface area contributed by atoms with E-state index < -0.39 is 17.5 Å². The average molecular weight is 277 g/mol. The molecule has 1 N–H and O–H groups in total. The zero-order valence-corrected chi connectivity index (χ0v) is 10.8. The molecule has 0 aliphatic heterocycles. The van der Waals surface area contributed by atoms with Crippen LogP contribution in [0.1, 0.15) is 15.9 Å². The molecule has 3 nitrogen and oxygen atoms in total. The lowest BCUT2D eigenvalue weighted by Gasteiger charge is -2.06. The van der Waals surface area contributed by atoms with Crippen LogP contribution in [0.3, 0.4) is 0 Å². The highest BCUT2D eigenvalue weighted by atomic mass is 19.1. The molecule has 2 aromatic carbocycles. The Bertz CT molecular complexity index is 592. The normalized spacial score (nSPS) is 10.2. The molecule has 1 amide bonds. The Kier molecular flexibility index (Phi) is 4.30. The van der Waals surface area contributed by atoms with E-state index in [1.165, 1.54) is 0 Å². The van der Waals surface area contributed by atoms with Gasteiger partial charge < -0.3 is 10.1 Å². The summed E-state index contributed by atoms with van der Waals surface area (Å²) >= 11 is 0. The Balaban J connectivity index is 2.00. The van der Waals surface area contributed by atoms with Crippen molar-refractivity contribution in [1.82, 2.24) is 5.32 Å². The first-order valence-electron chi connectivity index (χ1n) is 5.95. The van der Waals surface area contributed by atoms with E-state index in [1.54, 1.807) is 31.4 Å². The average Bonchev–Trinajstić information content (AvgIpc) is 2.44. The number of benzene rings is 2. The SMILES string of the molecule is COc1ccc(CNC(=O)c2cc(F)cc(F)c2)cc1. The largest absolute Gasteiger partial charge is 0.497 e. The standard InChI is InChI=1S/C15H13F2NO2/c1-20-14-4-2-10(3-5-14)9-18-15(19)11-6-12(16)8-13(17)7-11/h2-8H,9H2,1H3,(H,18,19). The van der Waals surface area contributed by atoms with Gasteiger partial charge in [0.25, 0.3) is 5.91 Å². The predicted octanol–water partition coefficient (Wildman–Crippen LogP) is 2.90. The van der Waals surface area contributed by atoms with Gasteiger partial charge in [0.1, 0.15) is 17.4 Å². The molecule has 2 rings (SSSR count). The summed E-state index contributed by atoms with van der Waals surface area (Å²) in [5.74, 6) is -1.37. The minimum absolute atomic E-state index is 0.0454. The second-order valence-electron chi connectivity index (χ2n) is 4.19.